The van der Waals surface area contributed by atoms with Crippen LogP contribution in [-0.2, 0) is 9.59 Å². The molecule has 1 fully saturated rings. The molecule has 8 nitrogen and oxygen atoms in total. The van der Waals surface area contributed by atoms with Crippen LogP contribution in [0.25, 0.3) is 0 Å². The molecule has 148 valence electrons. The largest absolute Gasteiger partial charge is 0.497 e. The molecular weight excluding hydrogens is 350 g/mol. The Labute approximate surface area is 159 Å². The summed E-state index contributed by atoms with van der Waals surface area (Å²) in [5, 5.41) is 5.52. The Morgan fingerprint density at radius 3 is 2.22 bits per heavy atom. The van der Waals surface area contributed by atoms with Crippen LogP contribution in [0.15, 0.2) is 18.2 Å². The summed E-state index contributed by atoms with van der Waals surface area (Å²) in [7, 11) is 3.03. The summed E-state index contributed by atoms with van der Waals surface area (Å²) in [6.45, 7) is 4.87. The lowest BCUT2D eigenvalue weighted by molar-refractivity contribution is -0.129. The van der Waals surface area contributed by atoms with E-state index in [1.54, 1.807) is 23.1 Å². The Bertz CT molecular complexity index is 682. The van der Waals surface area contributed by atoms with Crippen LogP contribution in [-0.4, -0.2) is 62.5 Å². The lowest BCUT2D eigenvalue weighted by Gasteiger charge is -2.20. The monoisotopic (exact) mass is 377 g/mol. The van der Waals surface area contributed by atoms with Gasteiger partial charge in [0.25, 0.3) is 5.91 Å². The standard InChI is InChI=1S/C19H27N3O5/c1-12(2)22-11-14(9-17(22)23)19(25)21-6-5-20-18(24)13-7-15(26-3)10-16(8-13)27-4/h7-8,10,12,14H,5-6,9,11H2,1-4H3,(H,20,24)(H,21,25). The summed E-state index contributed by atoms with van der Waals surface area (Å²) in [5.41, 5.74) is 0.409. The molecular formula is C19H27N3O5. The van der Waals surface area contributed by atoms with Crippen LogP contribution in [0.4, 0.5) is 0 Å². The Kier molecular flexibility index (Phi) is 7.04. The summed E-state index contributed by atoms with van der Waals surface area (Å²) in [5.74, 6) is 0.262. The number of nitrogens with one attached hydrogen (secondary N) is 2. The zero-order valence-electron chi connectivity index (χ0n) is 16.2. The van der Waals surface area contributed by atoms with Gasteiger partial charge < -0.3 is 25.0 Å². The first-order valence-corrected chi connectivity index (χ1v) is 8.94. The number of carbonyl (C=O) groups is 3. The van der Waals surface area contributed by atoms with Crippen LogP contribution in [0, 0.1) is 5.92 Å². The molecule has 2 N–H and O–H groups in total. The molecule has 1 aliphatic heterocycles. The van der Waals surface area contributed by atoms with E-state index < -0.39 is 0 Å². The number of nitrogens with zero attached hydrogens (tertiary/aromatic N) is 1. The first-order chi connectivity index (χ1) is 12.8. The zero-order chi connectivity index (χ0) is 20.0. The van der Waals surface area contributed by atoms with Gasteiger partial charge in [-0.15, -0.1) is 0 Å². The third-order valence-electron chi connectivity index (χ3n) is 4.48. The summed E-state index contributed by atoms with van der Waals surface area (Å²) in [6.07, 6.45) is 0.236. The van der Waals surface area contributed by atoms with E-state index in [1.807, 2.05) is 13.8 Å². The van der Waals surface area contributed by atoms with E-state index in [4.69, 9.17) is 9.47 Å². The highest BCUT2D eigenvalue weighted by molar-refractivity contribution is 5.95. The van der Waals surface area contributed by atoms with Gasteiger partial charge in [-0.05, 0) is 26.0 Å². The molecule has 3 amide bonds. The molecule has 0 aromatic heterocycles. The molecule has 0 aliphatic carbocycles. The molecule has 1 heterocycles. The molecule has 0 saturated carbocycles. The van der Waals surface area contributed by atoms with E-state index in [2.05, 4.69) is 10.6 Å². The molecule has 1 aromatic carbocycles. The molecule has 1 unspecified atom stereocenters. The van der Waals surface area contributed by atoms with Crippen LogP contribution >= 0.6 is 0 Å². The highest BCUT2D eigenvalue weighted by Gasteiger charge is 2.35. The predicted octanol–water partition coefficient (Wildman–Crippen LogP) is 0.807. The predicted molar refractivity (Wildman–Crippen MR) is 99.8 cm³/mol. The van der Waals surface area contributed by atoms with Crippen LogP contribution in [0.3, 0.4) is 0 Å². The number of benzene rings is 1. The van der Waals surface area contributed by atoms with Gasteiger partial charge in [0.2, 0.25) is 11.8 Å². The number of hydrogen-bond acceptors (Lipinski definition) is 5. The Balaban J connectivity index is 1.79. The minimum Gasteiger partial charge on any atom is -0.497 e. The maximum absolute atomic E-state index is 12.3. The molecule has 0 spiro atoms. The van der Waals surface area contributed by atoms with Gasteiger partial charge in [-0.3, -0.25) is 14.4 Å². The summed E-state index contributed by atoms with van der Waals surface area (Å²) < 4.78 is 10.3. The lowest BCUT2D eigenvalue weighted by Crippen LogP contribution is -2.39. The van der Waals surface area contributed by atoms with Crippen LogP contribution in [0.1, 0.15) is 30.6 Å². The number of carbonyl (C=O) groups excluding carboxylic acids is 3. The fourth-order valence-corrected chi connectivity index (χ4v) is 2.95. The minimum absolute atomic E-state index is 0.00502. The molecule has 0 radical (unpaired) electrons. The van der Waals surface area contributed by atoms with Crippen molar-refractivity contribution >= 4 is 17.7 Å². The van der Waals surface area contributed by atoms with Crippen molar-refractivity contribution < 1.29 is 23.9 Å². The second-order valence-corrected chi connectivity index (χ2v) is 6.69. The Hall–Kier alpha value is -2.77. The van der Waals surface area contributed by atoms with Crippen molar-refractivity contribution in [3.8, 4) is 11.5 Å². The van der Waals surface area contributed by atoms with Crippen molar-refractivity contribution in [2.75, 3.05) is 33.9 Å². The van der Waals surface area contributed by atoms with Gasteiger partial charge in [0, 0.05) is 43.7 Å². The third-order valence-corrected chi connectivity index (χ3v) is 4.48. The van der Waals surface area contributed by atoms with E-state index in [0.717, 1.165) is 0 Å². The van der Waals surface area contributed by atoms with Crippen molar-refractivity contribution in [2.45, 2.75) is 26.3 Å². The van der Waals surface area contributed by atoms with E-state index in [1.165, 1.54) is 14.2 Å². The minimum atomic E-state index is -0.335. The second-order valence-electron chi connectivity index (χ2n) is 6.69. The van der Waals surface area contributed by atoms with Gasteiger partial charge in [-0.25, -0.2) is 0 Å². The van der Waals surface area contributed by atoms with Crippen molar-refractivity contribution in [3.63, 3.8) is 0 Å². The van der Waals surface area contributed by atoms with E-state index in [-0.39, 0.29) is 49.2 Å². The maximum atomic E-state index is 12.3. The van der Waals surface area contributed by atoms with Crippen molar-refractivity contribution in [1.82, 2.24) is 15.5 Å². The van der Waals surface area contributed by atoms with Gasteiger partial charge in [0.05, 0.1) is 20.1 Å². The van der Waals surface area contributed by atoms with Gasteiger partial charge in [-0.1, -0.05) is 0 Å². The number of rotatable bonds is 8. The zero-order valence-corrected chi connectivity index (χ0v) is 16.2. The fraction of sp³-hybridized carbons (Fsp3) is 0.526. The number of amides is 3. The van der Waals surface area contributed by atoms with Crippen LogP contribution < -0.4 is 20.1 Å². The molecule has 1 atom stereocenters. The number of likely N-dealkylation sites (tertiary alicyclic amines) is 1. The highest BCUT2D eigenvalue weighted by Crippen LogP contribution is 2.22. The van der Waals surface area contributed by atoms with E-state index in [0.29, 0.717) is 23.6 Å². The number of ether oxygens (including phenoxy) is 2. The quantitative estimate of drug-likeness (QED) is 0.654. The number of hydrogen-bond donors (Lipinski definition) is 2. The molecule has 1 aliphatic rings. The second kappa shape index (κ2) is 9.25. The average Bonchev–Trinajstić information content (AvgIpc) is 3.06. The molecule has 8 heteroatoms. The van der Waals surface area contributed by atoms with Gasteiger partial charge >= 0.3 is 0 Å². The Morgan fingerprint density at radius 1 is 1.11 bits per heavy atom. The Morgan fingerprint density at radius 2 is 1.70 bits per heavy atom. The molecule has 27 heavy (non-hydrogen) atoms. The van der Waals surface area contributed by atoms with Crippen LogP contribution in [0.2, 0.25) is 0 Å². The molecule has 1 saturated heterocycles. The van der Waals surface area contributed by atoms with Crippen molar-refractivity contribution in [1.29, 1.82) is 0 Å². The summed E-state index contributed by atoms with van der Waals surface area (Å²) >= 11 is 0. The van der Waals surface area contributed by atoms with Crippen molar-refractivity contribution in [3.05, 3.63) is 23.8 Å². The van der Waals surface area contributed by atoms with Gasteiger partial charge in [0.15, 0.2) is 0 Å². The SMILES string of the molecule is COc1cc(OC)cc(C(=O)NCCNC(=O)C2CC(=O)N(C(C)C)C2)c1. The van der Waals surface area contributed by atoms with E-state index in [9.17, 15) is 14.4 Å². The smallest absolute Gasteiger partial charge is 0.251 e. The fourth-order valence-electron chi connectivity index (χ4n) is 2.95. The van der Waals surface area contributed by atoms with Gasteiger partial charge in [-0.2, -0.15) is 0 Å². The lowest BCUT2D eigenvalue weighted by atomic mass is 10.1. The number of methoxy groups -OCH3 is 2. The summed E-state index contributed by atoms with van der Waals surface area (Å²) in [4.78, 5) is 38.1. The normalized spacial score (nSPS) is 16.4. The van der Waals surface area contributed by atoms with E-state index >= 15 is 0 Å². The first-order valence-electron chi connectivity index (χ1n) is 8.94. The van der Waals surface area contributed by atoms with Gasteiger partial charge in [0.1, 0.15) is 11.5 Å². The topological polar surface area (TPSA) is 97.0 Å². The molecule has 2 rings (SSSR count). The molecule has 1 aromatic rings. The summed E-state index contributed by atoms with van der Waals surface area (Å²) in [6, 6.07) is 5.00. The first kappa shape index (κ1) is 20.5. The maximum Gasteiger partial charge on any atom is 0.251 e. The van der Waals surface area contributed by atoms with Crippen LogP contribution in [0.5, 0.6) is 11.5 Å². The highest BCUT2D eigenvalue weighted by atomic mass is 16.5. The average molecular weight is 377 g/mol. The molecule has 0 bridgehead atoms. The third kappa shape index (κ3) is 5.35. The van der Waals surface area contributed by atoms with Crippen molar-refractivity contribution in [2.24, 2.45) is 5.92 Å².